The van der Waals surface area contributed by atoms with E-state index in [4.69, 9.17) is 14.2 Å². The molecule has 1 amide bonds. The van der Waals surface area contributed by atoms with Gasteiger partial charge in [0, 0.05) is 40.4 Å². The van der Waals surface area contributed by atoms with Crippen LogP contribution in [0.25, 0.3) is 0 Å². The lowest BCUT2D eigenvalue weighted by Crippen LogP contribution is -2.65. The maximum Gasteiger partial charge on any atom is 0.243 e. The van der Waals surface area contributed by atoms with E-state index in [2.05, 4.69) is 4.90 Å². The molecule has 1 aliphatic carbocycles. The van der Waals surface area contributed by atoms with E-state index in [-0.39, 0.29) is 23.7 Å². The minimum atomic E-state index is -0.287. The zero-order chi connectivity index (χ0) is 14.9. The maximum absolute atomic E-state index is 13.1. The molecule has 0 aromatic heterocycles. The Labute approximate surface area is 126 Å². The summed E-state index contributed by atoms with van der Waals surface area (Å²) in [6, 6.07) is 0. The normalized spacial score (nSPS) is 33.0. The fraction of sp³-hybridized carbons (Fsp3) is 0.933. The van der Waals surface area contributed by atoms with Crippen LogP contribution in [0.1, 0.15) is 19.3 Å². The van der Waals surface area contributed by atoms with Crippen molar-refractivity contribution in [2.24, 2.45) is 0 Å². The summed E-state index contributed by atoms with van der Waals surface area (Å²) < 4.78 is 16.3. The molecule has 2 heterocycles. The molecule has 0 radical (unpaired) electrons. The summed E-state index contributed by atoms with van der Waals surface area (Å²) in [5, 5.41) is 0. The number of likely N-dealkylation sites (tertiary alicyclic amines) is 1. The number of ether oxygens (including phenoxy) is 3. The first-order chi connectivity index (χ1) is 10.2. The van der Waals surface area contributed by atoms with Crippen LogP contribution in [0.15, 0.2) is 0 Å². The van der Waals surface area contributed by atoms with Gasteiger partial charge in [-0.2, -0.15) is 0 Å². The number of amides is 1. The molecule has 6 heteroatoms. The van der Waals surface area contributed by atoms with Gasteiger partial charge in [-0.25, -0.2) is 0 Å². The van der Waals surface area contributed by atoms with Crippen LogP contribution in [0.2, 0.25) is 0 Å². The highest BCUT2D eigenvalue weighted by molar-refractivity contribution is 5.87. The molecule has 3 fully saturated rings. The number of carbonyl (C=O) groups excluding carboxylic acids is 1. The van der Waals surface area contributed by atoms with Gasteiger partial charge in [-0.3, -0.25) is 9.69 Å². The molecule has 21 heavy (non-hydrogen) atoms. The Morgan fingerprint density at radius 1 is 1.10 bits per heavy atom. The highest BCUT2D eigenvalue weighted by Crippen LogP contribution is 2.40. The molecule has 2 aliphatic heterocycles. The van der Waals surface area contributed by atoms with E-state index in [1.54, 1.807) is 14.2 Å². The Morgan fingerprint density at radius 3 is 2.10 bits per heavy atom. The van der Waals surface area contributed by atoms with Crippen molar-refractivity contribution in [3.8, 4) is 0 Å². The molecule has 2 atom stereocenters. The average Bonchev–Trinajstić information content (AvgIpc) is 2.90. The van der Waals surface area contributed by atoms with E-state index in [1.807, 2.05) is 4.90 Å². The largest absolute Gasteiger partial charge is 0.379 e. The van der Waals surface area contributed by atoms with Crippen LogP contribution in [0, 0.1) is 0 Å². The van der Waals surface area contributed by atoms with Gasteiger partial charge in [-0.05, 0) is 19.3 Å². The van der Waals surface area contributed by atoms with Gasteiger partial charge in [0.25, 0.3) is 0 Å². The summed E-state index contributed by atoms with van der Waals surface area (Å²) in [5.74, 6) is 0.261. The van der Waals surface area contributed by atoms with E-state index < -0.39 is 0 Å². The van der Waals surface area contributed by atoms with Crippen LogP contribution in [-0.4, -0.2) is 87.1 Å². The van der Waals surface area contributed by atoms with Crippen molar-refractivity contribution in [2.45, 2.75) is 37.0 Å². The van der Waals surface area contributed by atoms with Gasteiger partial charge in [0.15, 0.2) is 0 Å². The summed E-state index contributed by atoms with van der Waals surface area (Å²) >= 11 is 0. The molecule has 6 nitrogen and oxygen atoms in total. The summed E-state index contributed by atoms with van der Waals surface area (Å²) in [4.78, 5) is 17.4. The number of methoxy groups -OCH3 is 2. The number of morpholine rings is 1. The molecule has 0 unspecified atom stereocenters. The minimum Gasteiger partial charge on any atom is -0.379 e. The molecule has 0 aromatic carbocycles. The van der Waals surface area contributed by atoms with Crippen molar-refractivity contribution in [1.29, 1.82) is 0 Å². The number of nitrogens with zero attached hydrogens (tertiary/aromatic N) is 2. The zero-order valence-corrected chi connectivity index (χ0v) is 13.0. The van der Waals surface area contributed by atoms with Gasteiger partial charge < -0.3 is 19.1 Å². The summed E-state index contributed by atoms with van der Waals surface area (Å²) in [7, 11) is 3.37. The van der Waals surface area contributed by atoms with E-state index in [1.165, 1.54) is 0 Å². The summed E-state index contributed by atoms with van der Waals surface area (Å²) in [6.45, 7) is 4.47. The van der Waals surface area contributed by atoms with E-state index in [0.717, 1.165) is 45.6 Å². The lowest BCUT2D eigenvalue weighted by atomic mass is 9.74. The molecule has 2 saturated heterocycles. The van der Waals surface area contributed by atoms with Crippen molar-refractivity contribution in [3.63, 3.8) is 0 Å². The first-order valence-corrected chi connectivity index (χ1v) is 7.89. The molecule has 0 N–H and O–H groups in total. The Kier molecular flexibility index (Phi) is 4.49. The molecule has 3 aliphatic rings. The van der Waals surface area contributed by atoms with Crippen LogP contribution in [0.5, 0.6) is 0 Å². The first-order valence-electron chi connectivity index (χ1n) is 7.89. The van der Waals surface area contributed by atoms with Gasteiger partial charge >= 0.3 is 0 Å². The Balaban J connectivity index is 1.71. The second kappa shape index (κ2) is 6.20. The van der Waals surface area contributed by atoms with Gasteiger partial charge in [0.05, 0.1) is 13.2 Å². The van der Waals surface area contributed by atoms with Crippen molar-refractivity contribution < 1.29 is 19.0 Å². The lowest BCUT2D eigenvalue weighted by molar-refractivity contribution is -0.155. The second-order valence-corrected chi connectivity index (χ2v) is 6.24. The fourth-order valence-corrected chi connectivity index (χ4v) is 3.83. The average molecular weight is 298 g/mol. The Bertz CT molecular complexity index is 368. The van der Waals surface area contributed by atoms with Gasteiger partial charge in [0.2, 0.25) is 5.91 Å². The van der Waals surface area contributed by atoms with Crippen LogP contribution in [-0.2, 0) is 19.0 Å². The predicted molar refractivity (Wildman–Crippen MR) is 77.1 cm³/mol. The van der Waals surface area contributed by atoms with Crippen LogP contribution in [0.3, 0.4) is 0 Å². The molecule has 0 aromatic rings. The maximum atomic E-state index is 13.1. The summed E-state index contributed by atoms with van der Waals surface area (Å²) in [5.41, 5.74) is -0.287. The van der Waals surface area contributed by atoms with Crippen LogP contribution < -0.4 is 0 Å². The monoisotopic (exact) mass is 298 g/mol. The van der Waals surface area contributed by atoms with E-state index >= 15 is 0 Å². The highest BCUT2D eigenvalue weighted by atomic mass is 16.5. The molecule has 0 spiro atoms. The lowest BCUT2D eigenvalue weighted by Gasteiger charge is -2.51. The van der Waals surface area contributed by atoms with E-state index in [0.29, 0.717) is 13.1 Å². The molecule has 120 valence electrons. The third-order valence-electron chi connectivity index (χ3n) is 5.30. The standard InChI is InChI=1S/C15H26N2O4/c1-19-12-10-16(11-13(12)20-2)14(18)15(4-3-5-15)17-6-8-21-9-7-17/h12-13H,3-11H2,1-2H3/t12-,13+. The quantitative estimate of drug-likeness (QED) is 0.737. The van der Waals surface area contributed by atoms with Crippen LogP contribution in [0.4, 0.5) is 0 Å². The SMILES string of the molecule is CO[C@H]1CN(C(=O)C2(N3CCOCC3)CCC2)C[C@H]1OC. The number of hydrogen-bond acceptors (Lipinski definition) is 5. The van der Waals surface area contributed by atoms with Crippen molar-refractivity contribution in [1.82, 2.24) is 9.80 Å². The number of hydrogen-bond donors (Lipinski definition) is 0. The molecule has 0 bridgehead atoms. The zero-order valence-electron chi connectivity index (χ0n) is 13.0. The topological polar surface area (TPSA) is 51.2 Å². The van der Waals surface area contributed by atoms with E-state index in [9.17, 15) is 4.79 Å². The van der Waals surface area contributed by atoms with Gasteiger partial charge in [-0.15, -0.1) is 0 Å². The Hall–Kier alpha value is -0.690. The van der Waals surface area contributed by atoms with Crippen molar-refractivity contribution >= 4 is 5.91 Å². The van der Waals surface area contributed by atoms with Gasteiger partial charge in [0.1, 0.15) is 17.7 Å². The molecular weight excluding hydrogens is 272 g/mol. The van der Waals surface area contributed by atoms with Crippen LogP contribution >= 0.6 is 0 Å². The van der Waals surface area contributed by atoms with Crippen molar-refractivity contribution in [3.05, 3.63) is 0 Å². The predicted octanol–water partition coefficient (Wildman–Crippen LogP) is 0.114. The first kappa shape index (κ1) is 15.2. The number of rotatable bonds is 4. The third-order valence-corrected chi connectivity index (χ3v) is 5.30. The highest BCUT2D eigenvalue weighted by Gasteiger charge is 2.52. The molecular formula is C15H26N2O4. The summed E-state index contributed by atoms with van der Waals surface area (Å²) in [6.07, 6.45) is 3.05. The minimum absolute atomic E-state index is 0.0132. The fourth-order valence-electron chi connectivity index (χ4n) is 3.83. The van der Waals surface area contributed by atoms with Crippen molar-refractivity contribution in [2.75, 3.05) is 53.6 Å². The second-order valence-electron chi connectivity index (χ2n) is 6.24. The number of carbonyl (C=O) groups is 1. The molecule has 1 saturated carbocycles. The smallest absolute Gasteiger partial charge is 0.243 e. The molecule has 3 rings (SSSR count). The Morgan fingerprint density at radius 2 is 1.67 bits per heavy atom. The van der Waals surface area contributed by atoms with Gasteiger partial charge in [-0.1, -0.05) is 0 Å². The third kappa shape index (κ3) is 2.59.